The van der Waals surface area contributed by atoms with Crippen molar-refractivity contribution in [3.63, 3.8) is 0 Å². The molecule has 2 aliphatic rings. The fourth-order valence-electron chi connectivity index (χ4n) is 2.57. The third-order valence-corrected chi connectivity index (χ3v) is 3.67. The molecule has 0 aromatic heterocycles. The van der Waals surface area contributed by atoms with Crippen LogP contribution in [0.15, 0.2) is 30.3 Å². The molecule has 3 rings (SSSR count). The number of methoxy groups -OCH3 is 1. The Morgan fingerprint density at radius 2 is 2.00 bits per heavy atom. The second-order valence-electron chi connectivity index (χ2n) is 4.98. The molecule has 0 saturated carbocycles. The van der Waals surface area contributed by atoms with Gasteiger partial charge in [-0.15, -0.1) is 0 Å². The van der Waals surface area contributed by atoms with Gasteiger partial charge in [0.05, 0.1) is 12.6 Å². The molecule has 0 spiro atoms. The Hall–Kier alpha value is -1.05. The molecule has 1 aromatic carbocycles. The molecule has 0 aliphatic carbocycles. The molecule has 2 saturated heterocycles. The molecule has 6 heteroatoms. The van der Waals surface area contributed by atoms with Crippen LogP contribution in [0.25, 0.3) is 0 Å². The van der Waals surface area contributed by atoms with Gasteiger partial charge in [-0.1, -0.05) is 30.3 Å². The van der Waals surface area contributed by atoms with Crippen LogP contribution in [-0.4, -0.2) is 44.4 Å². The summed E-state index contributed by atoms with van der Waals surface area (Å²) in [5, 5.41) is 0. The third kappa shape index (κ3) is 2.45. The van der Waals surface area contributed by atoms with E-state index in [9.17, 15) is 4.39 Å². The van der Waals surface area contributed by atoms with Crippen molar-refractivity contribution < 1.29 is 23.3 Å². The van der Waals surface area contributed by atoms with E-state index in [-0.39, 0.29) is 6.61 Å². The van der Waals surface area contributed by atoms with Crippen molar-refractivity contribution in [2.24, 2.45) is 5.73 Å². The lowest BCUT2D eigenvalue weighted by Crippen LogP contribution is -2.63. The minimum absolute atomic E-state index is 0.247. The van der Waals surface area contributed by atoms with Gasteiger partial charge in [0.2, 0.25) is 0 Å². The molecule has 2 fully saturated rings. The molecule has 1 unspecified atom stereocenters. The highest BCUT2D eigenvalue weighted by Crippen LogP contribution is 2.34. The molecule has 1 aromatic rings. The summed E-state index contributed by atoms with van der Waals surface area (Å²) in [6.07, 6.45) is -3.96. The van der Waals surface area contributed by atoms with E-state index in [4.69, 9.17) is 24.7 Å². The van der Waals surface area contributed by atoms with Gasteiger partial charge >= 0.3 is 0 Å². The Labute approximate surface area is 116 Å². The van der Waals surface area contributed by atoms with Crippen molar-refractivity contribution in [3.05, 3.63) is 35.9 Å². The van der Waals surface area contributed by atoms with Crippen molar-refractivity contribution in [1.82, 2.24) is 0 Å². The van der Waals surface area contributed by atoms with Crippen molar-refractivity contribution in [2.45, 2.75) is 37.0 Å². The first kappa shape index (κ1) is 13.9. The van der Waals surface area contributed by atoms with Gasteiger partial charge in [-0.25, -0.2) is 4.39 Å². The number of halogens is 1. The van der Waals surface area contributed by atoms with Crippen LogP contribution in [0.3, 0.4) is 0 Å². The van der Waals surface area contributed by atoms with Gasteiger partial charge in [-0.3, -0.25) is 0 Å². The van der Waals surface area contributed by atoms with Gasteiger partial charge in [0.25, 0.3) is 0 Å². The first-order valence-electron chi connectivity index (χ1n) is 6.60. The summed E-state index contributed by atoms with van der Waals surface area (Å²) in [6, 6.07) is 8.54. The molecule has 5 nitrogen and oxygen atoms in total. The lowest BCUT2D eigenvalue weighted by molar-refractivity contribution is -0.331. The van der Waals surface area contributed by atoms with E-state index in [1.165, 1.54) is 7.11 Å². The molecular weight excluding hydrogens is 265 g/mol. The van der Waals surface area contributed by atoms with E-state index in [0.717, 1.165) is 5.56 Å². The standard InChI is InChI=1S/C14H18FNO4/c1-17-14-11(16)10(15)12-9(19-14)7-18-13(20-12)8-5-3-2-4-6-8/h2-6,9-14H,7,16H2,1H3/t9-,10-,11+,12-,13?,14+/m1/s1. The Bertz CT molecular complexity index is 444. The second kappa shape index (κ2) is 5.75. The van der Waals surface area contributed by atoms with Crippen molar-refractivity contribution in [3.8, 4) is 0 Å². The first-order chi connectivity index (χ1) is 9.70. The number of alkyl halides is 1. The van der Waals surface area contributed by atoms with Gasteiger partial charge in [0.1, 0.15) is 18.4 Å². The van der Waals surface area contributed by atoms with Crippen LogP contribution >= 0.6 is 0 Å². The number of ether oxygens (including phenoxy) is 4. The van der Waals surface area contributed by atoms with Gasteiger partial charge in [0.15, 0.2) is 12.6 Å². The van der Waals surface area contributed by atoms with Crippen molar-refractivity contribution >= 4 is 0 Å². The lowest BCUT2D eigenvalue weighted by atomic mass is 9.98. The minimum atomic E-state index is -1.35. The van der Waals surface area contributed by atoms with Crippen LogP contribution in [0.1, 0.15) is 11.9 Å². The van der Waals surface area contributed by atoms with E-state index < -0.39 is 37.0 Å². The molecule has 0 amide bonds. The summed E-state index contributed by atoms with van der Waals surface area (Å²) in [5.74, 6) is 0. The lowest BCUT2D eigenvalue weighted by Gasteiger charge is -2.45. The predicted octanol–water partition coefficient (Wildman–Crippen LogP) is 1.14. The topological polar surface area (TPSA) is 62.9 Å². The summed E-state index contributed by atoms with van der Waals surface area (Å²) in [6.45, 7) is 0.247. The molecule has 110 valence electrons. The minimum Gasteiger partial charge on any atom is -0.354 e. The van der Waals surface area contributed by atoms with Gasteiger partial charge < -0.3 is 24.7 Å². The van der Waals surface area contributed by atoms with E-state index in [1.54, 1.807) is 0 Å². The average Bonchev–Trinajstić information content (AvgIpc) is 2.51. The smallest absolute Gasteiger partial charge is 0.184 e. The maximum atomic E-state index is 14.4. The summed E-state index contributed by atoms with van der Waals surface area (Å²) in [5.41, 5.74) is 6.63. The highest BCUT2D eigenvalue weighted by atomic mass is 19.1. The maximum absolute atomic E-state index is 14.4. The monoisotopic (exact) mass is 283 g/mol. The number of benzene rings is 1. The highest BCUT2D eigenvalue weighted by Gasteiger charge is 2.49. The number of fused-ring (bicyclic) bond motifs is 1. The fourth-order valence-corrected chi connectivity index (χ4v) is 2.57. The van der Waals surface area contributed by atoms with E-state index >= 15 is 0 Å². The van der Waals surface area contributed by atoms with Gasteiger partial charge in [0, 0.05) is 12.7 Å². The van der Waals surface area contributed by atoms with E-state index in [1.807, 2.05) is 30.3 Å². The summed E-state index contributed by atoms with van der Waals surface area (Å²) in [4.78, 5) is 0. The normalized spacial score (nSPS) is 41.1. The number of nitrogens with two attached hydrogens (primary N) is 1. The molecule has 2 aliphatic heterocycles. The van der Waals surface area contributed by atoms with Gasteiger partial charge in [-0.2, -0.15) is 0 Å². The molecule has 20 heavy (non-hydrogen) atoms. The summed E-state index contributed by atoms with van der Waals surface area (Å²) >= 11 is 0. The number of hydrogen-bond donors (Lipinski definition) is 1. The van der Waals surface area contributed by atoms with E-state index in [2.05, 4.69) is 0 Å². The Morgan fingerprint density at radius 3 is 2.70 bits per heavy atom. The zero-order valence-electron chi connectivity index (χ0n) is 11.1. The number of hydrogen-bond acceptors (Lipinski definition) is 5. The quantitative estimate of drug-likeness (QED) is 0.881. The number of rotatable bonds is 2. The first-order valence-corrected chi connectivity index (χ1v) is 6.60. The van der Waals surface area contributed by atoms with Crippen LogP contribution < -0.4 is 5.73 Å². The zero-order valence-corrected chi connectivity index (χ0v) is 11.1. The molecule has 6 atom stereocenters. The fraction of sp³-hybridized carbons (Fsp3) is 0.571. The zero-order chi connectivity index (χ0) is 14.1. The maximum Gasteiger partial charge on any atom is 0.184 e. The predicted molar refractivity (Wildman–Crippen MR) is 68.5 cm³/mol. The molecule has 2 N–H and O–H groups in total. The molecular formula is C14H18FNO4. The Kier molecular flexibility index (Phi) is 4.00. The van der Waals surface area contributed by atoms with Crippen LogP contribution in [0.4, 0.5) is 4.39 Å². The average molecular weight is 283 g/mol. The molecule has 0 bridgehead atoms. The van der Waals surface area contributed by atoms with E-state index in [0.29, 0.717) is 0 Å². The van der Waals surface area contributed by atoms with Crippen LogP contribution in [-0.2, 0) is 18.9 Å². The Morgan fingerprint density at radius 1 is 1.25 bits per heavy atom. The second-order valence-corrected chi connectivity index (χ2v) is 4.98. The van der Waals surface area contributed by atoms with Crippen LogP contribution in [0.5, 0.6) is 0 Å². The van der Waals surface area contributed by atoms with Crippen molar-refractivity contribution in [2.75, 3.05) is 13.7 Å². The SMILES string of the molecule is CO[C@H]1O[C@@H]2COC(c3ccccc3)O[C@H]2[C@H](F)[C@@H]1N. The molecule has 0 radical (unpaired) electrons. The molecule has 2 heterocycles. The van der Waals surface area contributed by atoms with Crippen molar-refractivity contribution in [1.29, 1.82) is 0 Å². The third-order valence-electron chi connectivity index (χ3n) is 3.67. The van der Waals surface area contributed by atoms with Crippen LogP contribution in [0, 0.1) is 0 Å². The van der Waals surface area contributed by atoms with Gasteiger partial charge in [-0.05, 0) is 0 Å². The largest absolute Gasteiger partial charge is 0.354 e. The summed E-state index contributed by atoms with van der Waals surface area (Å²) < 4.78 is 36.3. The highest BCUT2D eigenvalue weighted by molar-refractivity contribution is 5.16. The summed E-state index contributed by atoms with van der Waals surface area (Å²) in [7, 11) is 1.44. The Balaban J connectivity index is 1.74. The van der Waals surface area contributed by atoms with Crippen LogP contribution in [0.2, 0.25) is 0 Å².